The molecule has 8 nitrogen and oxygen atoms in total. The van der Waals surface area contributed by atoms with Gasteiger partial charge in [0.1, 0.15) is 18.3 Å². The van der Waals surface area contributed by atoms with Gasteiger partial charge in [-0.25, -0.2) is 8.42 Å². The Balaban J connectivity index is 2.35. The van der Waals surface area contributed by atoms with E-state index in [-0.39, 0.29) is 12.5 Å². The zero-order valence-electron chi connectivity index (χ0n) is 20.0. The minimum Gasteiger partial charge on any atom is -0.497 e. The quantitative estimate of drug-likeness (QED) is 0.405. The molecule has 0 aliphatic rings. The first kappa shape index (κ1) is 27.7. The molecule has 0 bridgehead atoms. The summed E-state index contributed by atoms with van der Waals surface area (Å²) < 4.78 is 32.3. The molecular formula is C24H32BrN3O5S. The van der Waals surface area contributed by atoms with Crippen LogP contribution in [0.15, 0.2) is 53.0 Å². The molecule has 0 aromatic heterocycles. The largest absolute Gasteiger partial charge is 0.497 e. The maximum Gasteiger partial charge on any atom is 0.244 e. The number of carbonyl (C=O) groups excluding carboxylic acids is 2. The van der Waals surface area contributed by atoms with Crippen LogP contribution in [0.4, 0.5) is 5.69 Å². The zero-order chi connectivity index (χ0) is 25.3. The standard InChI is InChI=1S/C24H32BrN3O5S/c1-5-6-14-26-24(30)18(2)27(16-19-10-12-20(25)13-11-19)23(29)17-28(34(4,31)32)21-8-7-9-22(15-21)33-3/h7-13,15,18H,5-6,14,16-17H2,1-4H3,(H,26,30). The van der Waals surface area contributed by atoms with Crippen molar-refractivity contribution in [2.24, 2.45) is 0 Å². The van der Waals surface area contributed by atoms with Gasteiger partial charge in [-0.15, -0.1) is 0 Å². The highest BCUT2D eigenvalue weighted by Gasteiger charge is 2.30. The number of benzene rings is 2. The highest BCUT2D eigenvalue weighted by molar-refractivity contribution is 9.10. The van der Waals surface area contributed by atoms with Crippen LogP contribution < -0.4 is 14.4 Å². The number of unbranched alkanes of at least 4 members (excludes halogenated alkanes) is 1. The van der Waals surface area contributed by atoms with Crippen molar-refractivity contribution in [3.8, 4) is 5.75 Å². The second-order valence-electron chi connectivity index (χ2n) is 7.94. The number of amides is 2. The SMILES string of the molecule is CCCCNC(=O)C(C)N(Cc1ccc(Br)cc1)C(=O)CN(c1cccc(OC)c1)S(C)(=O)=O. The molecule has 2 aromatic carbocycles. The molecule has 0 fully saturated rings. The lowest BCUT2D eigenvalue weighted by Crippen LogP contribution is -2.51. The van der Waals surface area contributed by atoms with Crippen molar-refractivity contribution in [3.05, 3.63) is 58.6 Å². The first-order chi connectivity index (χ1) is 16.1. The van der Waals surface area contributed by atoms with E-state index >= 15 is 0 Å². The van der Waals surface area contributed by atoms with Crippen LogP contribution in [-0.2, 0) is 26.2 Å². The first-order valence-electron chi connectivity index (χ1n) is 11.0. The monoisotopic (exact) mass is 553 g/mol. The van der Waals surface area contributed by atoms with Gasteiger partial charge in [-0.3, -0.25) is 13.9 Å². The molecule has 0 aliphatic heterocycles. The maximum absolute atomic E-state index is 13.5. The molecule has 1 atom stereocenters. The van der Waals surface area contributed by atoms with E-state index in [0.29, 0.717) is 18.0 Å². The van der Waals surface area contributed by atoms with Gasteiger partial charge in [0.05, 0.1) is 19.1 Å². The van der Waals surface area contributed by atoms with Gasteiger partial charge in [-0.05, 0) is 43.2 Å². The van der Waals surface area contributed by atoms with Crippen LogP contribution >= 0.6 is 15.9 Å². The average molecular weight is 555 g/mol. The molecule has 0 saturated carbocycles. The Morgan fingerprint density at radius 2 is 1.82 bits per heavy atom. The Morgan fingerprint density at radius 3 is 2.41 bits per heavy atom. The highest BCUT2D eigenvalue weighted by Crippen LogP contribution is 2.24. The summed E-state index contributed by atoms with van der Waals surface area (Å²) in [7, 11) is -2.31. The summed E-state index contributed by atoms with van der Waals surface area (Å²) in [6.07, 6.45) is 2.80. The van der Waals surface area contributed by atoms with Crippen molar-refractivity contribution < 1.29 is 22.7 Å². The summed E-state index contributed by atoms with van der Waals surface area (Å²) in [6, 6.07) is 13.1. The molecule has 0 spiro atoms. The number of anilines is 1. The van der Waals surface area contributed by atoms with Crippen molar-refractivity contribution in [3.63, 3.8) is 0 Å². The first-order valence-corrected chi connectivity index (χ1v) is 13.6. The number of nitrogens with zero attached hydrogens (tertiary/aromatic N) is 2. The Morgan fingerprint density at radius 1 is 1.15 bits per heavy atom. The second kappa shape index (κ2) is 12.8. The van der Waals surface area contributed by atoms with Gasteiger partial charge in [0.2, 0.25) is 21.8 Å². The number of carbonyl (C=O) groups is 2. The topological polar surface area (TPSA) is 96.0 Å². The van der Waals surface area contributed by atoms with E-state index in [1.807, 2.05) is 31.2 Å². The highest BCUT2D eigenvalue weighted by atomic mass is 79.9. The summed E-state index contributed by atoms with van der Waals surface area (Å²) in [5.41, 5.74) is 1.12. The van der Waals surface area contributed by atoms with Gasteiger partial charge >= 0.3 is 0 Å². The lowest BCUT2D eigenvalue weighted by atomic mass is 10.1. The number of ether oxygens (including phenoxy) is 1. The molecule has 2 aromatic rings. The van der Waals surface area contributed by atoms with E-state index in [4.69, 9.17) is 4.74 Å². The van der Waals surface area contributed by atoms with Crippen molar-refractivity contribution in [2.45, 2.75) is 39.3 Å². The van der Waals surface area contributed by atoms with Crippen molar-refractivity contribution >= 4 is 43.5 Å². The molecule has 186 valence electrons. The predicted molar refractivity (Wildman–Crippen MR) is 137 cm³/mol. The second-order valence-corrected chi connectivity index (χ2v) is 10.8. The van der Waals surface area contributed by atoms with Gasteiger partial charge in [-0.1, -0.05) is 47.5 Å². The lowest BCUT2D eigenvalue weighted by Gasteiger charge is -2.31. The molecule has 0 aliphatic carbocycles. The van der Waals surface area contributed by atoms with Crippen LogP contribution in [0.2, 0.25) is 0 Å². The molecule has 1 N–H and O–H groups in total. The molecule has 34 heavy (non-hydrogen) atoms. The molecular weight excluding hydrogens is 522 g/mol. The normalized spacial score (nSPS) is 12.0. The van der Waals surface area contributed by atoms with E-state index in [1.165, 1.54) is 12.0 Å². The fraction of sp³-hybridized carbons (Fsp3) is 0.417. The van der Waals surface area contributed by atoms with Crippen molar-refractivity contribution in [2.75, 3.05) is 30.8 Å². The van der Waals surface area contributed by atoms with Gasteiger partial charge < -0.3 is 15.0 Å². The average Bonchev–Trinajstić information content (AvgIpc) is 2.80. The number of hydrogen-bond donors (Lipinski definition) is 1. The minimum atomic E-state index is -3.79. The third-order valence-electron chi connectivity index (χ3n) is 5.28. The van der Waals surface area contributed by atoms with Gasteiger partial charge in [0.15, 0.2) is 0 Å². The van der Waals surface area contributed by atoms with Crippen molar-refractivity contribution in [1.82, 2.24) is 10.2 Å². The number of rotatable bonds is 12. The van der Waals surface area contributed by atoms with Crippen LogP contribution in [0.25, 0.3) is 0 Å². The minimum absolute atomic E-state index is 0.157. The fourth-order valence-electron chi connectivity index (χ4n) is 3.28. The molecule has 2 amide bonds. The summed E-state index contributed by atoms with van der Waals surface area (Å²) in [5.74, 6) is -0.311. The van der Waals surface area contributed by atoms with E-state index in [0.717, 1.165) is 33.4 Å². The predicted octanol–water partition coefficient (Wildman–Crippen LogP) is 3.56. The third-order valence-corrected chi connectivity index (χ3v) is 6.95. The van der Waals surface area contributed by atoms with Crippen LogP contribution in [0, 0.1) is 0 Å². The van der Waals surface area contributed by atoms with Gasteiger partial charge in [0.25, 0.3) is 0 Å². The summed E-state index contributed by atoms with van der Waals surface area (Å²) in [4.78, 5) is 27.7. The van der Waals surface area contributed by atoms with E-state index in [9.17, 15) is 18.0 Å². The number of hydrogen-bond acceptors (Lipinski definition) is 5. The zero-order valence-corrected chi connectivity index (χ0v) is 22.4. The van der Waals surface area contributed by atoms with Crippen molar-refractivity contribution in [1.29, 1.82) is 0 Å². The molecule has 1 unspecified atom stereocenters. The van der Waals surface area contributed by atoms with Gasteiger partial charge in [0, 0.05) is 23.6 Å². The summed E-state index contributed by atoms with van der Waals surface area (Å²) in [6.45, 7) is 3.89. The summed E-state index contributed by atoms with van der Waals surface area (Å²) in [5, 5.41) is 2.86. The van der Waals surface area contributed by atoms with Crippen LogP contribution in [0.5, 0.6) is 5.75 Å². The molecule has 0 saturated heterocycles. The smallest absolute Gasteiger partial charge is 0.244 e. The lowest BCUT2D eigenvalue weighted by molar-refractivity contribution is -0.139. The molecule has 0 heterocycles. The van der Waals surface area contributed by atoms with Crippen LogP contribution in [-0.4, -0.2) is 57.6 Å². The van der Waals surface area contributed by atoms with E-state index in [1.54, 1.807) is 31.2 Å². The van der Waals surface area contributed by atoms with E-state index in [2.05, 4.69) is 21.2 Å². The Hall–Kier alpha value is -2.59. The van der Waals surface area contributed by atoms with E-state index < -0.39 is 28.5 Å². The molecule has 2 rings (SSSR count). The summed E-state index contributed by atoms with van der Waals surface area (Å²) >= 11 is 3.39. The number of methoxy groups -OCH3 is 1. The third kappa shape index (κ3) is 8.02. The fourth-order valence-corrected chi connectivity index (χ4v) is 4.39. The Bertz CT molecular complexity index is 1080. The van der Waals surface area contributed by atoms with Crippen LogP contribution in [0.1, 0.15) is 32.3 Å². The Labute approximate surface area is 210 Å². The molecule has 0 radical (unpaired) electrons. The van der Waals surface area contributed by atoms with Crippen LogP contribution in [0.3, 0.4) is 0 Å². The Kier molecular flexibility index (Phi) is 10.4. The maximum atomic E-state index is 13.5. The molecule has 10 heteroatoms. The number of sulfonamides is 1. The van der Waals surface area contributed by atoms with Gasteiger partial charge in [-0.2, -0.15) is 0 Å². The number of nitrogens with one attached hydrogen (secondary N) is 1. The number of halogens is 1.